The van der Waals surface area contributed by atoms with E-state index >= 15 is 0 Å². The smallest absolute Gasteiger partial charge is 0.291 e. The summed E-state index contributed by atoms with van der Waals surface area (Å²) in [6.45, 7) is 0. The molecular formula is C24H25N3O3. The van der Waals surface area contributed by atoms with Crippen LogP contribution in [0.3, 0.4) is 0 Å². The Labute approximate surface area is 176 Å². The van der Waals surface area contributed by atoms with Crippen LogP contribution in [0.25, 0.3) is 0 Å². The molecule has 30 heavy (non-hydrogen) atoms. The molecule has 6 heteroatoms. The normalized spacial score (nSPS) is 19.4. The number of rotatable bonds is 6. The molecule has 1 aliphatic heterocycles. The van der Waals surface area contributed by atoms with Gasteiger partial charge in [-0.05, 0) is 54.5 Å². The van der Waals surface area contributed by atoms with Crippen LogP contribution in [0.1, 0.15) is 42.9 Å². The lowest BCUT2D eigenvalue weighted by molar-refractivity contribution is -0.126. The molecule has 0 bridgehead atoms. The SMILES string of the molecule is CO[C@@H](C(=O)Nc1cccc(CC2N=NC(=O)C3=C2CCCC3)c1)c1ccccc1. The lowest BCUT2D eigenvalue weighted by atomic mass is 9.84. The Hall–Kier alpha value is -3.12. The first-order valence-electron chi connectivity index (χ1n) is 10.3. The van der Waals surface area contributed by atoms with Gasteiger partial charge in [0.15, 0.2) is 6.10 Å². The van der Waals surface area contributed by atoms with Gasteiger partial charge in [-0.1, -0.05) is 42.5 Å². The molecule has 1 heterocycles. The first kappa shape index (κ1) is 20.2. The minimum absolute atomic E-state index is 0.0972. The predicted octanol–water partition coefficient (Wildman–Crippen LogP) is 4.79. The predicted molar refractivity (Wildman–Crippen MR) is 114 cm³/mol. The molecule has 2 aliphatic rings. The van der Waals surface area contributed by atoms with Crippen LogP contribution in [0.5, 0.6) is 0 Å². The van der Waals surface area contributed by atoms with E-state index in [1.54, 1.807) is 0 Å². The van der Waals surface area contributed by atoms with E-state index in [9.17, 15) is 9.59 Å². The van der Waals surface area contributed by atoms with Gasteiger partial charge in [0.1, 0.15) is 0 Å². The summed E-state index contributed by atoms with van der Waals surface area (Å²) in [6.07, 6.45) is 3.82. The minimum Gasteiger partial charge on any atom is -0.367 e. The lowest BCUT2D eigenvalue weighted by Crippen LogP contribution is -2.24. The van der Waals surface area contributed by atoms with Crippen molar-refractivity contribution in [1.29, 1.82) is 0 Å². The molecule has 1 aliphatic carbocycles. The fraction of sp³-hybridized carbons (Fsp3) is 0.333. The number of methoxy groups -OCH3 is 1. The van der Waals surface area contributed by atoms with Gasteiger partial charge < -0.3 is 10.1 Å². The molecule has 0 saturated carbocycles. The van der Waals surface area contributed by atoms with Crippen LogP contribution < -0.4 is 5.32 Å². The lowest BCUT2D eigenvalue weighted by Gasteiger charge is -2.26. The second kappa shape index (κ2) is 9.13. The Morgan fingerprint density at radius 3 is 2.73 bits per heavy atom. The minimum atomic E-state index is -0.678. The molecule has 2 aromatic carbocycles. The fourth-order valence-electron chi connectivity index (χ4n) is 4.19. The van der Waals surface area contributed by atoms with Crippen molar-refractivity contribution in [3.63, 3.8) is 0 Å². The van der Waals surface area contributed by atoms with Crippen LogP contribution in [0, 0.1) is 0 Å². The summed E-state index contributed by atoms with van der Waals surface area (Å²) >= 11 is 0. The number of azo groups is 1. The molecular weight excluding hydrogens is 378 g/mol. The third kappa shape index (κ3) is 4.39. The molecule has 1 N–H and O–H groups in total. The molecule has 2 aromatic rings. The molecule has 154 valence electrons. The highest BCUT2D eigenvalue weighted by atomic mass is 16.5. The van der Waals surface area contributed by atoms with Crippen LogP contribution >= 0.6 is 0 Å². The van der Waals surface area contributed by atoms with Gasteiger partial charge in [-0.15, -0.1) is 5.11 Å². The number of hydrogen-bond acceptors (Lipinski definition) is 4. The van der Waals surface area contributed by atoms with Gasteiger partial charge in [0.2, 0.25) is 0 Å². The van der Waals surface area contributed by atoms with Crippen molar-refractivity contribution < 1.29 is 14.3 Å². The molecule has 2 amide bonds. The van der Waals surface area contributed by atoms with Crippen molar-refractivity contribution in [2.75, 3.05) is 12.4 Å². The number of nitrogens with one attached hydrogen (secondary N) is 1. The molecule has 0 fully saturated rings. The number of anilines is 1. The quantitative estimate of drug-likeness (QED) is 0.753. The first-order chi connectivity index (χ1) is 14.7. The summed E-state index contributed by atoms with van der Waals surface area (Å²) in [6, 6.07) is 17.0. The Morgan fingerprint density at radius 2 is 1.93 bits per heavy atom. The molecule has 2 atom stereocenters. The third-order valence-electron chi connectivity index (χ3n) is 5.66. The van der Waals surface area contributed by atoms with Crippen molar-refractivity contribution in [2.45, 2.75) is 44.2 Å². The van der Waals surface area contributed by atoms with Crippen LogP contribution in [0.4, 0.5) is 5.69 Å². The van der Waals surface area contributed by atoms with Gasteiger partial charge in [0.25, 0.3) is 11.8 Å². The Kier molecular flexibility index (Phi) is 6.14. The van der Waals surface area contributed by atoms with Crippen molar-refractivity contribution in [1.82, 2.24) is 0 Å². The standard InChI is InChI=1S/C24H25N3O3/c1-30-22(17-9-3-2-4-10-17)24(29)25-18-11-7-8-16(14-18)15-21-19-12-5-6-13-20(19)23(28)27-26-21/h2-4,7-11,14,21-22H,5-6,12-13,15H2,1H3,(H,25,29)/t21?,22-/m1/s1. The van der Waals surface area contributed by atoms with Crippen LogP contribution in [0.2, 0.25) is 0 Å². The zero-order chi connectivity index (χ0) is 20.9. The van der Waals surface area contributed by atoms with Crippen molar-refractivity contribution >= 4 is 17.5 Å². The average molecular weight is 403 g/mol. The molecule has 0 saturated heterocycles. The number of ether oxygens (including phenoxy) is 1. The average Bonchev–Trinajstić information content (AvgIpc) is 2.77. The second-order valence-corrected chi connectivity index (χ2v) is 7.67. The van der Waals surface area contributed by atoms with Gasteiger partial charge in [0.05, 0.1) is 6.04 Å². The zero-order valence-corrected chi connectivity index (χ0v) is 17.0. The van der Waals surface area contributed by atoms with Crippen LogP contribution in [-0.2, 0) is 20.7 Å². The third-order valence-corrected chi connectivity index (χ3v) is 5.66. The van der Waals surface area contributed by atoms with E-state index < -0.39 is 6.10 Å². The molecule has 0 aromatic heterocycles. The highest BCUT2D eigenvalue weighted by molar-refractivity contribution is 5.96. The van der Waals surface area contributed by atoms with Gasteiger partial charge >= 0.3 is 0 Å². The molecule has 1 unspecified atom stereocenters. The summed E-state index contributed by atoms with van der Waals surface area (Å²) in [5.74, 6) is -0.394. The number of benzene rings is 2. The monoisotopic (exact) mass is 403 g/mol. The second-order valence-electron chi connectivity index (χ2n) is 7.67. The van der Waals surface area contributed by atoms with E-state index in [1.807, 2.05) is 54.6 Å². The number of hydrogen-bond donors (Lipinski definition) is 1. The molecule has 0 spiro atoms. The summed E-state index contributed by atoms with van der Waals surface area (Å²) in [7, 11) is 1.53. The largest absolute Gasteiger partial charge is 0.367 e. The number of amides is 2. The molecule has 0 radical (unpaired) electrons. The van der Waals surface area contributed by atoms with Gasteiger partial charge in [-0.2, -0.15) is 5.11 Å². The summed E-state index contributed by atoms with van der Waals surface area (Å²) in [5.41, 5.74) is 4.54. The van der Waals surface area contributed by atoms with Crippen molar-refractivity contribution in [3.05, 3.63) is 76.9 Å². The van der Waals surface area contributed by atoms with Gasteiger partial charge in [-0.25, -0.2) is 0 Å². The van der Waals surface area contributed by atoms with Crippen molar-refractivity contribution in [3.8, 4) is 0 Å². The highest BCUT2D eigenvalue weighted by Gasteiger charge is 2.29. The van der Waals surface area contributed by atoms with Gasteiger partial charge in [0, 0.05) is 24.8 Å². The van der Waals surface area contributed by atoms with E-state index in [2.05, 4.69) is 15.5 Å². The number of carbonyl (C=O) groups excluding carboxylic acids is 2. The van der Waals surface area contributed by atoms with E-state index in [0.29, 0.717) is 12.1 Å². The maximum atomic E-state index is 12.8. The Balaban J connectivity index is 1.48. The fourth-order valence-corrected chi connectivity index (χ4v) is 4.19. The van der Waals surface area contributed by atoms with E-state index in [-0.39, 0.29) is 17.9 Å². The number of nitrogens with zero attached hydrogens (tertiary/aromatic N) is 2. The maximum Gasteiger partial charge on any atom is 0.291 e. The van der Waals surface area contributed by atoms with Crippen LogP contribution in [-0.4, -0.2) is 25.0 Å². The number of carbonyl (C=O) groups is 2. The van der Waals surface area contributed by atoms with E-state index in [0.717, 1.165) is 48.0 Å². The van der Waals surface area contributed by atoms with Gasteiger partial charge in [-0.3, -0.25) is 9.59 Å². The zero-order valence-electron chi connectivity index (χ0n) is 17.0. The van der Waals surface area contributed by atoms with E-state index in [1.165, 1.54) is 7.11 Å². The first-order valence-corrected chi connectivity index (χ1v) is 10.3. The Morgan fingerprint density at radius 1 is 1.13 bits per heavy atom. The topological polar surface area (TPSA) is 80.1 Å². The van der Waals surface area contributed by atoms with E-state index in [4.69, 9.17) is 4.74 Å². The molecule has 4 rings (SSSR count). The van der Waals surface area contributed by atoms with Crippen LogP contribution in [0.15, 0.2) is 76.0 Å². The van der Waals surface area contributed by atoms with Crippen molar-refractivity contribution in [2.24, 2.45) is 10.2 Å². The molecule has 6 nitrogen and oxygen atoms in total. The maximum absolute atomic E-state index is 12.8. The summed E-state index contributed by atoms with van der Waals surface area (Å²) in [4.78, 5) is 24.8. The highest BCUT2D eigenvalue weighted by Crippen LogP contribution is 2.34. The summed E-state index contributed by atoms with van der Waals surface area (Å²) in [5, 5.41) is 11.1. The Bertz CT molecular complexity index is 998. The summed E-state index contributed by atoms with van der Waals surface area (Å²) < 4.78 is 5.41.